The molecule has 0 aromatic carbocycles. The quantitative estimate of drug-likeness (QED) is 0.536. The molecule has 0 saturated heterocycles. The standard InChI is InChI=1S/C7H8N2O3S/c1-3-4(6(11)12)5(10)9-7(8-3)13-2/h1-2H3,(H,11,12)(H,8,9,10). The van der Waals surface area contributed by atoms with Gasteiger partial charge in [-0.3, -0.25) is 4.79 Å². The minimum Gasteiger partial charge on any atom is -0.477 e. The SMILES string of the molecule is CSc1nc(C)c(C(=O)O)c(=O)[nH]1. The maximum Gasteiger partial charge on any atom is 0.343 e. The molecular weight excluding hydrogens is 192 g/mol. The van der Waals surface area contributed by atoms with Crippen LogP contribution in [0.5, 0.6) is 0 Å². The van der Waals surface area contributed by atoms with Crippen LogP contribution in [0.2, 0.25) is 0 Å². The predicted molar refractivity (Wildman–Crippen MR) is 48.3 cm³/mol. The van der Waals surface area contributed by atoms with E-state index in [-0.39, 0.29) is 11.3 Å². The zero-order valence-electron chi connectivity index (χ0n) is 7.12. The van der Waals surface area contributed by atoms with E-state index in [1.54, 1.807) is 6.26 Å². The fraction of sp³-hybridized carbons (Fsp3) is 0.286. The fourth-order valence-corrected chi connectivity index (χ4v) is 1.33. The summed E-state index contributed by atoms with van der Waals surface area (Å²) in [6, 6.07) is 0. The second kappa shape index (κ2) is 3.61. The molecule has 1 aromatic heterocycles. The molecule has 2 N–H and O–H groups in total. The Morgan fingerprint density at radius 1 is 1.62 bits per heavy atom. The van der Waals surface area contributed by atoms with Gasteiger partial charge in [0.05, 0.1) is 5.69 Å². The molecular formula is C7H8N2O3S. The normalized spacial score (nSPS) is 10.0. The van der Waals surface area contributed by atoms with Crippen LogP contribution in [0.3, 0.4) is 0 Å². The lowest BCUT2D eigenvalue weighted by molar-refractivity contribution is 0.0693. The minimum absolute atomic E-state index is 0.237. The molecule has 0 radical (unpaired) electrons. The Morgan fingerprint density at radius 3 is 2.62 bits per heavy atom. The van der Waals surface area contributed by atoms with Crippen molar-refractivity contribution in [3.63, 3.8) is 0 Å². The molecule has 0 aliphatic rings. The first-order valence-electron chi connectivity index (χ1n) is 3.44. The number of aromatic amines is 1. The summed E-state index contributed by atoms with van der Waals surface area (Å²) in [5.41, 5.74) is -0.664. The first-order chi connectivity index (χ1) is 6.06. The number of aryl methyl sites for hydroxylation is 1. The number of aromatic carboxylic acids is 1. The summed E-state index contributed by atoms with van der Waals surface area (Å²) in [6.45, 7) is 1.50. The second-order valence-electron chi connectivity index (χ2n) is 2.34. The zero-order valence-corrected chi connectivity index (χ0v) is 7.94. The number of aromatic nitrogens is 2. The molecule has 0 unspecified atom stereocenters. The number of carbonyl (C=O) groups is 1. The molecule has 5 nitrogen and oxygen atoms in total. The molecule has 0 atom stereocenters. The molecule has 0 saturated carbocycles. The minimum atomic E-state index is -1.25. The van der Waals surface area contributed by atoms with Gasteiger partial charge in [-0.05, 0) is 13.2 Å². The molecule has 0 spiro atoms. The first-order valence-corrected chi connectivity index (χ1v) is 4.67. The van der Waals surface area contributed by atoms with E-state index < -0.39 is 11.5 Å². The molecule has 13 heavy (non-hydrogen) atoms. The van der Waals surface area contributed by atoms with E-state index >= 15 is 0 Å². The number of nitrogens with zero attached hydrogens (tertiary/aromatic N) is 1. The lowest BCUT2D eigenvalue weighted by Gasteiger charge is -2.00. The van der Waals surface area contributed by atoms with Gasteiger partial charge in [-0.2, -0.15) is 0 Å². The van der Waals surface area contributed by atoms with Crippen LogP contribution in [-0.2, 0) is 0 Å². The summed E-state index contributed by atoms with van der Waals surface area (Å²) in [7, 11) is 0. The molecule has 1 rings (SSSR count). The number of thioether (sulfide) groups is 1. The van der Waals surface area contributed by atoms with Gasteiger partial charge < -0.3 is 10.1 Å². The average molecular weight is 200 g/mol. The number of hydrogen-bond acceptors (Lipinski definition) is 4. The van der Waals surface area contributed by atoms with Crippen molar-refractivity contribution in [2.24, 2.45) is 0 Å². The van der Waals surface area contributed by atoms with Crippen LogP contribution in [0.25, 0.3) is 0 Å². The van der Waals surface area contributed by atoms with Gasteiger partial charge in [0.1, 0.15) is 5.56 Å². The van der Waals surface area contributed by atoms with Gasteiger partial charge in [-0.15, -0.1) is 0 Å². The third-order valence-electron chi connectivity index (χ3n) is 1.49. The van der Waals surface area contributed by atoms with Crippen molar-refractivity contribution in [3.05, 3.63) is 21.6 Å². The van der Waals surface area contributed by atoms with E-state index in [1.807, 2.05) is 0 Å². The van der Waals surface area contributed by atoms with Crippen LogP contribution in [0.4, 0.5) is 0 Å². The van der Waals surface area contributed by atoms with Crippen molar-refractivity contribution in [3.8, 4) is 0 Å². The van der Waals surface area contributed by atoms with Gasteiger partial charge in [-0.1, -0.05) is 11.8 Å². The Balaban J connectivity index is 3.40. The summed E-state index contributed by atoms with van der Waals surface area (Å²) in [6.07, 6.45) is 1.75. The van der Waals surface area contributed by atoms with E-state index in [4.69, 9.17) is 5.11 Å². The van der Waals surface area contributed by atoms with Crippen molar-refractivity contribution in [1.82, 2.24) is 9.97 Å². The number of rotatable bonds is 2. The number of carboxylic acids is 1. The Kier molecular flexibility index (Phi) is 2.72. The highest BCUT2D eigenvalue weighted by atomic mass is 32.2. The van der Waals surface area contributed by atoms with E-state index in [9.17, 15) is 9.59 Å². The average Bonchev–Trinajstić information content (AvgIpc) is 2.02. The number of hydrogen-bond donors (Lipinski definition) is 2. The topological polar surface area (TPSA) is 83.0 Å². The van der Waals surface area contributed by atoms with Gasteiger partial charge in [0.25, 0.3) is 5.56 Å². The summed E-state index contributed by atoms with van der Waals surface area (Å²) in [5.74, 6) is -1.25. The van der Waals surface area contributed by atoms with Crippen LogP contribution in [0.1, 0.15) is 16.1 Å². The van der Waals surface area contributed by atoms with E-state index in [2.05, 4.69) is 9.97 Å². The highest BCUT2D eigenvalue weighted by molar-refractivity contribution is 7.98. The summed E-state index contributed by atoms with van der Waals surface area (Å²) >= 11 is 1.26. The highest BCUT2D eigenvalue weighted by Crippen LogP contribution is 2.07. The number of H-pyrrole nitrogens is 1. The summed E-state index contributed by atoms with van der Waals surface area (Å²) in [5, 5.41) is 9.07. The Hall–Kier alpha value is -1.30. The Labute approximate surface area is 78.2 Å². The monoisotopic (exact) mass is 200 g/mol. The van der Waals surface area contributed by atoms with Crippen LogP contribution in [-0.4, -0.2) is 27.3 Å². The Bertz CT molecular complexity index is 399. The van der Waals surface area contributed by atoms with Gasteiger partial charge in [0.2, 0.25) is 0 Å². The van der Waals surface area contributed by atoms with Crippen molar-refractivity contribution < 1.29 is 9.90 Å². The van der Waals surface area contributed by atoms with Crippen LogP contribution in [0, 0.1) is 6.92 Å². The smallest absolute Gasteiger partial charge is 0.343 e. The fourth-order valence-electron chi connectivity index (χ4n) is 0.909. The number of nitrogens with one attached hydrogen (secondary N) is 1. The molecule has 1 heterocycles. The van der Waals surface area contributed by atoms with Crippen LogP contribution < -0.4 is 5.56 Å². The van der Waals surface area contributed by atoms with Crippen LogP contribution in [0.15, 0.2) is 9.95 Å². The molecule has 0 bridgehead atoms. The van der Waals surface area contributed by atoms with Gasteiger partial charge in [-0.25, -0.2) is 9.78 Å². The lowest BCUT2D eigenvalue weighted by atomic mass is 10.2. The second-order valence-corrected chi connectivity index (χ2v) is 3.14. The molecule has 0 fully saturated rings. The van der Waals surface area contributed by atoms with Crippen molar-refractivity contribution in [1.29, 1.82) is 0 Å². The molecule has 0 aliphatic carbocycles. The zero-order chi connectivity index (χ0) is 10.0. The molecule has 0 aliphatic heterocycles. The van der Waals surface area contributed by atoms with Crippen LogP contribution >= 0.6 is 11.8 Å². The maximum atomic E-state index is 11.2. The number of carboxylic acid groups (broad SMARTS) is 1. The molecule has 1 aromatic rings. The van der Waals surface area contributed by atoms with E-state index in [0.717, 1.165) is 0 Å². The highest BCUT2D eigenvalue weighted by Gasteiger charge is 2.14. The van der Waals surface area contributed by atoms with E-state index in [1.165, 1.54) is 18.7 Å². The van der Waals surface area contributed by atoms with E-state index in [0.29, 0.717) is 5.16 Å². The third kappa shape index (κ3) is 1.89. The molecule has 0 amide bonds. The predicted octanol–water partition coefficient (Wildman–Crippen LogP) is 0.498. The third-order valence-corrected chi connectivity index (χ3v) is 2.07. The van der Waals surface area contributed by atoms with Crippen molar-refractivity contribution in [2.75, 3.05) is 6.26 Å². The van der Waals surface area contributed by atoms with Gasteiger partial charge >= 0.3 is 5.97 Å². The summed E-state index contributed by atoms with van der Waals surface area (Å²) in [4.78, 5) is 28.0. The van der Waals surface area contributed by atoms with Gasteiger partial charge in [0.15, 0.2) is 5.16 Å². The summed E-state index contributed by atoms with van der Waals surface area (Å²) < 4.78 is 0. The molecule has 6 heteroatoms. The lowest BCUT2D eigenvalue weighted by Crippen LogP contribution is -2.21. The van der Waals surface area contributed by atoms with Gasteiger partial charge in [0, 0.05) is 0 Å². The van der Waals surface area contributed by atoms with Crippen molar-refractivity contribution >= 4 is 17.7 Å². The molecule has 70 valence electrons. The van der Waals surface area contributed by atoms with Crippen molar-refractivity contribution in [2.45, 2.75) is 12.1 Å². The largest absolute Gasteiger partial charge is 0.477 e. The Morgan fingerprint density at radius 2 is 2.23 bits per heavy atom. The first kappa shape index (κ1) is 9.79. The maximum absolute atomic E-state index is 11.2.